The molecule has 0 aliphatic rings. The van der Waals surface area contributed by atoms with Crippen molar-refractivity contribution in [2.45, 2.75) is 0 Å². The zero-order valence-electron chi connectivity index (χ0n) is 8.01. The molecule has 0 saturated carbocycles. The molecule has 0 fully saturated rings. The zero-order chi connectivity index (χ0) is 10.8. The summed E-state index contributed by atoms with van der Waals surface area (Å²) in [4.78, 5) is 10.8. The second-order valence-electron chi connectivity index (χ2n) is 3.13. The van der Waals surface area contributed by atoms with Crippen LogP contribution in [-0.2, 0) is 7.05 Å². The minimum Gasteiger partial charge on any atom is -0.298 e. The highest BCUT2D eigenvalue weighted by molar-refractivity contribution is 6.31. The molecule has 1 aromatic carbocycles. The van der Waals surface area contributed by atoms with E-state index in [2.05, 4.69) is 10.3 Å². The Kier molecular flexibility index (Phi) is 2.51. The third kappa shape index (κ3) is 1.89. The predicted octanol–water partition coefficient (Wildman–Crippen LogP) is 1.95. The summed E-state index contributed by atoms with van der Waals surface area (Å²) in [7, 11) is 1.77. The molecule has 0 unspecified atom stereocenters. The van der Waals surface area contributed by atoms with Gasteiger partial charge in [0.1, 0.15) is 5.69 Å². The van der Waals surface area contributed by atoms with Crippen LogP contribution in [0.15, 0.2) is 24.4 Å². The highest BCUT2D eigenvalue weighted by Gasteiger charge is 2.08. The molecule has 4 nitrogen and oxygen atoms in total. The topological polar surface area (TPSA) is 47.8 Å². The lowest BCUT2D eigenvalue weighted by molar-refractivity contribution is 0.112. The standard InChI is InChI=1S/C10H8ClN3O/c1-14-5-10(12-13-14)9-4-8(11)3-2-7(9)6-15/h2-6H,1H3. The van der Waals surface area contributed by atoms with Gasteiger partial charge in [-0.2, -0.15) is 0 Å². The molecule has 76 valence electrons. The molecule has 2 aromatic rings. The fourth-order valence-corrected chi connectivity index (χ4v) is 1.50. The summed E-state index contributed by atoms with van der Waals surface area (Å²) in [6.45, 7) is 0. The molecule has 0 radical (unpaired) electrons. The first-order valence-corrected chi connectivity index (χ1v) is 4.70. The molecule has 15 heavy (non-hydrogen) atoms. The van der Waals surface area contributed by atoms with Crippen LogP contribution >= 0.6 is 11.6 Å². The van der Waals surface area contributed by atoms with Crippen LogP contribution in [0.4, 0.5) is 0 Å². The Bertz CT molecular complexity index is 507. The van der Waals surface area contributed by atoms with E-state index in [1.807, 2.05) is 0 Å². The quantitative estimate of drug-likeness (QED) is 0.729. The Morgan fingerprint density at radius 2 is 2.27 bits per heavy atom. The molecule has 0 aliphatic heterocycles. The summed E-state index contributed by atoms with van der Waals surface area (Å²) in [6.07, 6.45) is 2.51. The van der Waals surface area contributed by atoms with Gasteiger partial charge in [-0.05, 0) is 18.2 Å². The van der Waals surface area contributed by atoms with Crippen molar-refractivity contribution in [3.8, 4) is 11.3 Å². The average Bonchev–Trinajstić information content (AvgIpc) is 2.65. The normalized spacial score (nSPS) is 10.3. The molecule has 0 bridgehead atoms. The van der Waals surface area contributed by atoms with Crippen molar-refractivity contribution in [2.75, 3.05) is 0 Å². The highest BCUT2D eigenvalue weighted by atomic mass is 35.5. The van der Waals surface area contributed by atoms with Crippen molar-refractivity contribution in [3.05, 3.63) is 35.0 Å². The minimum atomic E-state index is 0.555. The van der Waals surface area contributed by atoms with Crippen LogP contribution in [-0.4, -0.2) is 21.3 Å². The zero-order valence-corrected chi connectivity index (χ0v) is 8.77. The van der Waals surface area contributed by atoms with Crippen molar-refractivity contribution < 1.29 is 4.79 Å². The summed E-state index contributed by atoms with van der Waals surface area (Å²) in [5.74, 6) is 0. The van der Waals surface area contributed by atoms with Gasteiger partial charge in [-0.3, -0.25) is 9.48 Å². The van der Waals surface area contributed by atoms with Crippen LogP contribution in [0.1, 0.15) is 10.4 Å². The summed E-state index contributed by atoms with van der Waals surface area (Å²) in [5.41, 5.74) is 1.90. The minimum absolute atomic E-state index is 0.555. The molecule has 0 atom stereocenters. The van der Waals surface area contributed by atoms with E-state index in [9.17, 15) is 4.79 Å². The number of halogens is 1. The molecule has 0 N–H and O–H groups in total. The van der Waals surface area contributed by atoms with Gasteiger partial charge in [-0.1, -0.05) is 16.8 Å². The van der Waals surface area contributed by atoms with E-state index in [-0.39, 0.29) is 0 Å². The molecular weight excluding hydrogens is 214 g/mol. The van der Waals surface area contributed by atoms with Crippen LogP contribution in [0, 0.1) is 0 Å². The van der Waals surface area contributed by atoms with Crippen molar-refractivity contribution in [1.82, 2.24) is 15.0 Å². The third-order valence-corrected chi connectivity index (χ3v) is 2.26. The number of carbonyl (C=O) groups is 1. The second-order valence-corrected chi connectivity index (χ2v) is 3.56. The van der Waals surface area contributed by atoms with Crippen LogP contribution in [0.3, 0.4) is 0 Å². The van der Waals surface area contributed by atoms with E-state index >= 15 is 0 Å². The van der Waals surface area contributed by atoms with Crippen LogP contribution in [0.2, 0.25) is 5.02 Å². The SMILES string of the molecule is Cn1cc(-c2cc(Cl)ccc2C=O)nn1. The van der Waals surface area contributed by atoms with Gasteiger partial charge in [-0.25, -0.2) is 0 Å². The Hall–Kier alpha value is -1.68. The molecule has 2 rings (SSSR count). The first kappa shape index (κ1) is 9.86. The van der Waals surface area contributed by atoms with E-state index < -0.39 is 0 Å². The van der Waals surface area contributed by atoms with Gasteiger partial charge in [-0.15, -0.1) is 5.10 Å². The van der Waals surface area contributed by atoms with E-state index in [4.69, 9.17) is 11.6 Å². The smallest absolute Gasteiger partial charge is 0.150 e. The first-order valence-electron chi connectivity index (χ1n) is 4.32. The number of hydrogen-bond donors (Lipinski definition) is 0. The fraction of sp³-hybridized carbons (Fsp3) is 0.100. The Balaban J connectivity index is 2.59. The average molecular weight is 222 g/mol. The van der Waals surface area contributed by atoms with Gasteiger partial charge in [0, 0.05) is 23.2 Å². The summed E-state index contributed by atoms with van der Waals surface area (Å²) < 4.78 is 1.57. The lowest BCUT2D eigenvalue weighted by Gasteiger charge is -2.00. The Morgan fingerprint density at radius 1 is 1.47 bits per heavy atom. The lowest BCUT2D eigenvalue weighted by Crippen LogP contribution is -1.87. The molecular formula is C10H8ClN3O. The van der Waals surface area contributed by atoms with E-state index in [1.165, 1.54) is 0 Å². The van der Waals surface area contributed by atoms with Gasteiger partial charge in [0.05, 0.1) is 6.20 Å². The van der Waals surface area contributed by atoms with Crippen molar-refractivity contribution >= 4 is 17.9 Å². The maximum Gasteiger partial charge on any atom is 0.150 e. The lowest BCUT2D eigenvalue weighted by atomic mass is 10.1. The number of aldehydes is 1. The number of carbonyl (C=O) groups excluding carboxylic acids is 1. The van der Waals surface area contributed by atoms with Gasteiger partial charge in [0.25, 0.3) is 0 Å². The van der Waals surface area contributed by atoms with Gasteiger partial charge in [0.2, 0.25) is 0 Å². The van der Waals surface area contributed by atoms with E-state index in [0.29, 0.717) is 21.8 Å². The maximum atomic E-state index is 10.8. The molecule has 0 amide bonds. The monoisotopic (exact) mass is 221 g/mol. The molecule has 5 heteroatoms. The molecule has 1 heterocycles. The summed E-state index contributed by atoms with van der Waals surface area (Å²) in [6, 6.07) is 5.04. The molecule has 0 aliphatic carbocycles. The highest BCUT2D eigenvalue weighted by Crippen LogP contribution is 2.23. The van der Waals surface area contributed by atoms with E-state index in [0.717, 1.165) is 6.29 Å². The Labute approximate surface area is 91.5 Å². The number of aromatic nitrogens is 3. The van der Waals surface area contributed by atoms with Crippen LogP contribution < -0.4 is 0 Å². The van der Waals surface area contributed by atoms with Crippen molar-refractivity contribution in [2.24, 2.45) is 7.05 Å². The fourth-order valence-electron chi connectivity index (χ4n) is 1.32. The van der Waals surface area contributed by atoms with Crippen molar-refractivity contribution in [1.29, 1.82) is 0 Å². The Morgan fingerprint density at radius 3 is 2.87 bits per heavy atom. The predicted molar refractivity (Wildman–Crippen MR) is 56.8 cm³/mol. The maximum absolute atomic E-state index is 10.8. The summed E-state index contributed by atoms with van der Waals surface area (Å²) >= 11 is 5.86. The van der Waals surface area contributed by atoms with Crippen LogP contribution in [0.25, 0.3) is 11.3 Å². The first-order chi connectivity index (χ1) is 7.20. The van der Waals surface area contributed by atoms with Gasteiger partial charge >= 0.3 is 0 Å². The molecule has 1 aromatic heterocycles. The summed E-state index contributed by atoms with van der Waals surface area (Å²) in [5, 5.41) is 8.31. The second kappa shape index (κ2) is 3.82. The number of aryl methyl sites for hydroxylation is 1. The molecule has 0 saturated heterocycles. The number of nitrogens with zero attached hydrogens (tertiary/aromatic N) is 3. The number of benzene rings is 1. The van der Waals surface area contributed by atoms with Crippen molar-refractivity contribution in [3.63, 3.8) is 0 Å². The number of hydrogen-bond acceptors (Lipinski definition) is 3. The van der Waals surface area contributed by atoms with E-state index in [1.54, 1.807) is 36.1 Å². The largest absolute Gasteiger partial charge is 0.298 e. The third-order valence-electron chi connectivity index (χ3n) is 2.02. The van der Waals surface area contributed by atoms with Gasteiger partial charge in [0.15, 0.2) is 6.29 Å². The van der Waals surface area contributed by atoms with Gasteiger partial charge < -0.3 is 0 Å². The van der Waals surface area contributed by atoms with Crippen LogP contribution in [0.5, 0.6) is 0 Å². The molecule has 0 spiro atoms. The number of rotatable bonds is 2.